The molecule has 1 heterocycles. The molecule has 1 rings (SSSR count). The summed E-state index contributed by atoms with van der Waals surface area (Å²) in [4.78, 5) is 9.73. The van der Waals surface area contributed by atoms with Crippen molar-refractivity contribution >= 4 is 16.1 Å². The van der Waals surface area contributed by atoms with Crippen LogP contribution in [0.2, 0.25) is 0 Å². The normalized spacial score (nSPS) is 24.2. The van der Waals surface area contributed by atoms with Gasteiger partial charge >= 0.3 is 5.92 Å². The smallest absolute Gasteiger partial charge is 0.297 e. The fourth-order valence-electron chi connectivity index (χ4n) is 0.883. The highest BCUT2D eigenvalue weighted by Gasteiger charge is 2.50. The van der Waals surface area contributed by atoms with Gasteiger partial charge < -0.3 is 0 Å². The number of halogens is 2. The van der Waals surface area contributed by atoms with Crippen LogP contribution in [-0.2, 0) is 14.6 Å². The molecule has 0 spiro atoms. The third-order valence-corrected chi connectivity index (χ3v) is 3.43. The van der Waals surface area contributed by atoms with Gasteiger partial charge in [-0.1, -0.05) is 0 Å². The molecule has 6 heteroatoms. The van der Waals surface area contributed by atoms with Gasteiger partial charge in [-0.05, 0) is 0 Å². The monoisotopic (exact) mass is 184 g/mol. The van der Waals surface area contributed by atoms with E-state index in [1.807, 2.05) is 0 Å². The quantitative estimate of drug-likeness (QED) is 0.561. The van der Waals surface area contributed by atoms with Crippen molar-refractivity contribution in [2.24, 2.45) is 5.92 Å². The van der Waals surface area contributed by atoms with E-state index >= 15 is 0 Å². The van der Waals surface area contributed by atoms with Gasteiger partial charge in [-0.3, -0.25) is 4.79 Å². The molecular weight excluding hydrogens is 178 g/mol. The van der Waals surface area contributed by atoms with Gasteiger partial charge in [0.05, 0.1) is 17.4 Å². The van der Waals surface area contributed by atoms with E-state index in [1.165, 1.54) is 0 Å². The number of alkyl halides is 2. The first kappa shape index (κ1) is 8.58. The summed E-state index contributed by atoms with van der Waals surface area (Å²) in [5.41, 5.74) is 0. The van der Waals surface area contributed by atoms with Crippen LogP contribution in [0.3, 0.4) is 0 Å². The van der Waals surface area contributed by atoms with Gasteiger partial charge in [0, 0.05) is 0 Å². The molecule has 3 nitrogen and oxygen atoms in total. The predicted octanol–water partition coefficient (Wildman–Crippen LogP) is -0.135. The topological polar surface area (TPSA) is 51.2 Å². The molecular formula is C5H6F2O3S. The number of sulfone groups is 1. The highest BCUT2D eigenvalue weighted by molar-refractivity contribution is 7.92. The second-order valence-electron chi connectivity index (χ2n) is 2.57. The lowest BCUT2D eigenvalue weighted by atomic mass is 10.1. The molecule has 0 aromatic heterocycles. The van der Waals surface area contributed by atoms with E-state index in [-0.39, 0.29) is 0 Å². The molecule has 1 fully saturated rings. The van der Waals surface area contributed by atoms with E-state index in [1.54, 1.807) is 0 Å². The fourth-order valence-corrected chi connectivity index (χ4v) is 2.46. The predicted molar refractivity (Wildman–Crippen MR) is 33.2 cm³/mol. The second kappa shape index (κ2) is 2.23. The molecule has 0 N–H and O–H groups in total. The average molecular weight is 184 g/mol. The van der Waals surface area contributed by atoms with Crippen molar-refractivity contribution in [1.29, 1.82) is 0 Å². The van der Waals surface area contributed by atoms with Crippen molar-refractivity contribution in [2.75, 3.05) is 11.5 Å². The molecule has 0 radical (unpaired) electrons. The number of carbonyl (C=O) groups is 1. The first-order valence-corrected chi connectivity index (χ1v) is 4.74. The SMILES string of the molecule is O=CC(F)(F)C1CS(=O)(=O)C1. The summed E-state index contributed by atoms with van der Waals surface area (Å²) in [5, 5.41) is 0. The lowest BCUT2D eigenvalue weighted by molar-refractivity contribution is -0.135. The van der Waals surface area contributed by atoms with Crippen molar-refractivity contribution in [3.05, 3.63) is 0 Å². The van der Waals surface area contributed by atoms with E-state index < -0.39 is 39.5 Å². The summed E-state index contributed by atoms with van der Waals surface area (Å²) in [6, 6.07) is 0. The van der Waals surface area contributed by atoms with Crippen LogP contribution in [0.5, 0.6) is 0 Å². The van der Waals surface area contributed by atoms with E-state index in [0.29, 0.717) is 0 Å². The van der Waals surface area contributed by atoms with Crippen LogP contribution in [0.25, 0.3) is 0 Å². The third-order valence-electron chi connectivity index (χ3n) is 1.61. The summed E-state index contributed by atoms with van der Waals surface area (Å²) in [5.74, 6) is -5.91. The minimum atomic E-state index is -3.47. The highest BCUT2D eigenvalue weighted by Crippen LogP contribution is 2.32. The van der Waals surface area contributed by atoms with Crippen LogP contribution in [0.4, 0.5) is 8.78 Å². The average Bonchev–Trinajstić information content (AvgIpc) is 1.83. The first-order chi connectivity index (χ1) is 4.87. The van der Waals surface area contributed by atoms with Gasteiger partial charge in [-0.25, -0.2) is 8.42 Å². The van der Waals surface area contributed by atoms with E-state index in [2.05, 4.69) is 0 Å². The minimum Gasteiger partial charge on any atom is -0.297 e. The zero-order chi connectivity index (χ0) is 8.70. The fraction of sp³-hybridized carbons (Fsp3) is 0.800. The number of carbonyl (C=O) groups excluding carboxylic acids is 1. The Morgan fingerprint density at radius 1 is 1.36 bits per heavy atom. The summed E-state index contributed by atoms with van der Waals surface area (Å²) in [6.45, 7) is 0. The molecule has 0 aliphatic carbocycles. The van der Waals surface area contributed by atoms with Gasteiger partial charge in [-0.15, -0.1) is 0 Å². The van der Waals surface area contributed by atoms with Crippen LogP contribution in [-0.4, -0.2) is 32.1 Å². The molecule has 0 unspecified atom stereocenters. The zero-order valence-electron chi connectivity index (χ0n) is 5.46. The molecule has 0 atom stereocenters. The first-order valence-electron chi connectivity index (χ1n) is 2.92. The molecule has 1 saturated heterocycles. The second-order valence-corrected chi connectivity index (χ2v) is 4.72. The van der Waals surface area contributed by atoms with Crippen molar-refractivity contribution in [3.8, 4) is 0 Å². The van der Waals surface area contributed by atoms with Crippen molar-refractivity contribution in [2.45, 2.75) is 5.92 Å². The molecule has 64 valence electrons. The van der Waals surface area contributed by atoms with E-state index in [9.17, 15) is 22.0 Å². The van der Waals surface area contributed by atoms with Crippen LogP contribution in [0.15, 0.2) is 0 Å². The van der Waals surface area contributed by atoms with Crippen LogP contribution >= 0.6 is 0 Å². The Balaban J connectivity index is 2.63. The molecule has 1 aliphatic heterocycles. The molecule has 0 bridgehead atoms. The Labute approximate surface area is 62.3 Å². The summed E-state index contributed by atoms with van der Waals surface area (Å²) >= 11 is 0. The van der Waals surface area contributed by atoms with E-state index in [0.717, 1.165) is 0 Å². The van der Waals surface area contributed by atoms with Crippen molar-refractivity contribution < 1.29 is 22.0 Å². The molecule has 0 aromatic carbocycles. The molecule has 0 amide bonds. The number of rotatable bonds is 2. The standard InChI is InChI=1S/C5H6F2O3S/c6-5(7,3-8)4-1-11(9,10)2-4/h3-4H,1-2H2. The Bertz CT molecular complexity index is 257. The molecule has 11 heavy (non-hydrogen) atoms. The Morgan fingerprint density at radius 3 is 2.09 bits per heavy atom. The Morgan fingerprint density at radius 2 is 1.82 bits per heavy atom. The molecule has 0 aromatic rings. The van der Waals surface area contributed by atoms with Crippen LogP contribution < -0.4 is 0 Å². The largest absolute Gasteiger partial charge is 0.307 e. The Hall–Kier alpha value is -0.520. The van der Waals surface area contributed by atoms with Gasteiger partial charge in [-0.2, -0.15) is 8.78 Å². The van der Waals surface area contributed by atoms with Gasteiger partial charge in [0.2, 0.25) is 0 Å². The summed E-state index contributed by atoms with van der Waals surface area (Å²) in [6.07, 6.45) is -0.494. The third kappa shape index (κ3) is 1.55. The lowest BCUT2D eigenvalue weighted by Gasteiger charge is -2.29. The van der Waals surface area contributed by atoms with Crippen LogP contribution in [0, 0.1) is 5.92 Å². The maximum absolute atomic E-state index is 12.3. The van der Waals surface area contributed by atoms with Gasteiger partial charge in [0.1, 0.15) is 0 Å². The maximum atomic E-state index is 12.3. The molecule has 1 aliphatic rings. The van der Waals surface area contributed by atoms with E-state index in [4.69, 9.17) is 0 Å². The minimum absolute atomic E-state index is 0.494. The number of hydrogen-bond acceptors (Lipinski definition) is 3. The summed E-state index contributed by atoms with van der Waals surface area (Å²) < 4.78 is 45.4. The Kier molecular flexibility index (Phi) is 1.74. The number of hydrogen-bond donors (Lipinski definition) is 0. The van der Waals surface area contributed by atoms with Crippen LogP contribution in [0.1, 0.15) is 0 Å². The molecule has 0 saturated carbocycles. The zero-order valence-corrected chi connectivity index (χ0v) is 6.27. The maximum Gasteiger partial charge on any atom is 0.307 e. The van der Waals surface area contributed by atoms with Gasteiger partial charge in [0.15, 0.2) is 16.1 Å². The van der Waals surface area contributed by atoms with Crippen molar-refractivity contribution in [1.82, 2.24) is 0 Å². The van der Waals surface area contributed by atoms with Gasteiger partial charge in [0.25, 0.3) is 0 Å². The lowest BCUT2D eigenvalue weighted by Crippen LogP contribution is -2.48. The number of aldehydes is 1. The van der Waals surface area contributed by atoms with Crippen molar-refractivity contribution in [3.63, 3.8) is 0 Å². The summed E-state index contributed by atoms with van der Waals surface area (Å²) in [7, 11) is -3.26. The highest BCUT2D eigenvalue weighted by atomic mass is 32.2.